The molecule has 3 nitrogen and oxygen atoms in total. The first-order valence-corrected chi connectivity index (χ1v) is 5.43. The molecule has 2 aromatic heterocycles. The molecule has 68 valence electrons. The average Bonchev–Trinajstić information content (AvgIpc) is 2.64. The number of aromatic nitrogens is 2. The van der Waals surface area contributed by atoms with Gasteiger partial charge >= 0.3 is 0 Å². The summed E-state index contributed by atoms with van der Waals surface area (Å²) >= 11 is 5.15. The Hall–Kier alpha value is -0.810. The van der Waals surface area contributed by atoms with Crippen LogP contribution in [0.15, 0.2) is 27.6 Å². The van der Waals surface area contributed by atoms with Crippen LogP contribution in [0.4, 0.5) is 5.69 Å². The van der Waals surface area contributed by atoms with Crippen LogP contribution in [0.25, 0.3) is 0 Å². The lowest BCUT2D eigenvalue weighted by Crippen LogP contribution is -1.98. The van der Waals surface area contributed by atoms with E-state index in [1.54, 1.807) is 17.5 Å². The Morgan fingerprint density at radius 1 is 1.62 bits per heavy atom. The Balaban J connectivity index is 2.19. The van der Waals surface area contributed by atoms with E-state index in [2.05, 4.69) is 27.1 Å². The summed E-state index contributed by atoms with van der Waals surface area (Å²) in [4.78, 5) is 0. The number of hydrogen-bond acceptors (Lipinski definition) is 3. The van der Waals surface area contributed by atoms with Crippen LogP contribution in [0.2, 0.25) is 0 Å². The minimum absolute atomic E-state index is 0.700. The van der Waals surface area contributed by atoms with Gasteiger partial charge in [-0.15, -0.1) is 11.3 Å². The van der Waals surface area contributed by atoms with Crippen molar-refractivity contribution in [3.8, 4) is 0 Å². The standard InChI is InChI=1S/C8H8BrN3S/c9-8-6(1-2-13-8)4-12-5-7(10)3-11-12/h1-3,5H,4,10H2. The molecule has 0 amide bonds. The average molecular weight is 258 g/mol. The van der Waals surface area contributed by atoms with E-state index in [1.807, 2.05) is 16.3 Å². The number of nitrogens with zero attached hydrogens (tertiary/aromatic N) is 2. The van der Waals surface area contributed by atoms with Crippen molar-refractivity contribution in [3.63, 3.8) is 0 Å². The molecule has 2 heterocycles. The highest BCUT2D eigenvalue weighted by molar-refractivity contribution is 9.11. The van der Waals surface area contributed by atoms with Crippen molar-refractivity contribution in [1.82, 2.24) is 9.78 Å². The Labute approximate surface area is 88.3 Å². The summed E-state index contributed by atoms with van der Waals surface area (Å²) in [6, 6.07) is 2.08. The zero-order valence-electron chi connectivity index (χ0n) is 6.77. The number of rotatable bonds is 2. The second-order valence-electron chi connectivity index (χ2n) is 2.69. The van der Waals surface area contributed by atoms with Gasteiger partial charge in [0.15, 0.2) is 0 Å². The molecular formula is C8H8BrN3S. The van der Waals surface area contributed by atoms with Gasteiger partial charge in [0.2, 0.25) is 0 Å². The molecule has 0 atom stereocenters. The lowest BCUT2D eigenvalue weighted by atomic mass is 10.3. The smallest absolute Gasteiger partial charge is 0.0749 e. The molecule has 13 heavy (non-hydrogen) atoms. The Morgan fingerprint density at radius 3 is 3.00 bits per heavy atom. The molecule has 0 saturated carbocycles. The third-order valence-electron chi connectivity index (χ3n) is 1.68. The predicted molar refractivity (Wildman–Crippen MR) is 57.8 cm³/mol. The summed E-state index contributed by atoms with van der Waals surface area (Å²) in [6.45, 7) is 0.765. The molecule has 0 radical (unpaired) electrons. The summed E-state index contributed by atoms with van der Waals surface area (Å²) in [5.74, 6) is 0. The summed E-state index contributed by atoms with van der Waals surface area (Å²) in [5.41, 5.74) is 7.48. The quantitative estimate of drug-likeness (QED) is 0.898. The highest BCUT2D eigenvalue weighted by Gasteiger charge is 2.02. The van der Waals surface area contributed by atoms with Crippen molar-refractivity contribution < 1.29 is 0 Å². The molecule has 2 aromatic rings. The molecule has 0 fully saturated rings. The van der Waals surface area contributed by atoms with E-state index in [0.29, 0.717) is 5.69 Å². The molecule has 0 unspecified atom stereocenters. The van der Waals surface area contributed by atoms with E-state index in [0.717, 1.165) is 10.3 Å². The molecule has 0 aromatic carbocycles. The van der Waals surface area contributed by atoms with Crippen molar-refractivity contribution in [2.45, 2.75) is 6.54 Å². The van der Waals surface area contributed by atoms with Crippen LogP contribution < -0.4 is 5.73 Å². The largest absolute Gasteiger partial charge is 0.396 e. The number of hydrogen-bond donors (Lipinski definition) is 1. The molecule has 5 heteroatoms. The van der Waals surface area contributed by atoms with E-state index in [9.17, 15) is 0 Å². The van der Waals surface area contributed by atoms with Crippen molar-refractivity contribution in [1.29, 1.82) is 0 Å². The SMILES string of the molecule is Nc1cnn(Cc2ccsc2Br)c1. The topological polar surface area (TPSA) is 43.8 Å². The van der Waals surface area contributed by atoms with Crippen molar-refractivity contribution in [3.05, 3.63) is 33.2 Å². The van der Waals surface area contributed by atoms with E-state index in [-0.39, 0.29) is 0 Å². The fourth-order valence-corrected chi connectivity index (χ4v) is 2.29. The molecular weight excluding hydrogens is 250 g/mol. The lowest BCUT2D eigenvalue weighted by molar-refractivity contribution is 0.687. The van der Waals surface area contributed by atoms with Gasteiger partial charge in [-0.05, 0) is 32.9 Å². The zero-order valence-corrected chi connectivity index (χ0v) is 9.18. The minimum atomic E-state index is 0.700. The minimum Gasteiger partial charge on any atom is -0.396 e. The van der Waals surface area contributed by atoms with Gasteiger partial charge in [0.25, 0.3) is 0 Å². The molecule has 0 bridgehead atoms. The molecule has 2 rings (SSSR count). The van der Waals surface area contributed by atoms with Crippen LogP contribution in [0, 0.1) is 0 Å². The van der Waals surface area contributed by atoms with Crippen molar-refractivity contribution in [2.75, 3.05) is 5.73 Å². The molecule has 0 aliphatic heterocycles. The van der Waals surface area contributed by atoms with Crippen LogP contribution >= 0.6 is 27.3 Å². The van der Waals surface area contributed by atoms with Gasteiger partial charge in [-0.25, -0.2) is 0 Å². The molecule has 0 aliphatic rings. The monoisotopic (exact) mass is 257 g/mol. The maximum absolute atomic E-state index is 5.55. The Kier molecular flexibility index (Phi) is 2.37. The number of nitrogens with two attached hydrogens (primary N) is 1. The fourth-order valence-electron chi connectivity index (χ4n) is 1.07. The van der Waals surface area contributed by atoms with Gasteiger partial charge < -0.3 is 5.73 Å². The first-order valence-electron chi connectivity index (χ1n) is 3.75. The predicted octanol–water partition coefficient (Wildman–Crippen LogP) is 2.34. The van der Waals surface area contributed by atoms with E-state index in [1.165, 1.54) is 5.56 Å². The Bertz CT molecular complexity index is 407. The summed E-state index contributed by atoms with van der Waals surface area (Å²) in [6.07, 6.45) is 3.48. The van der Waals surface area contributed by atoms with Crippen LogP contribution in [0.3, 0.4) is 0 Å². The van der Waals surface area contributed by atoms with Gasteiger partial charge in [-0.3, -0.25) is 4.68 Å². The number of thiophene rings is 1. The summed E-state index contributed by atoms with van der Waals surface area (Å²) in [5, 5.41) is 6.16. The fraction of sp³-hybridized carbons (Fsp3) is 0.125. The lowest BCUT2D eigenvalue weighted by Gasteiger charge is -1.98. The second-order valence-corrected chi connectivity index (χ2v) is 4.92. The first kappa shape index (κ1) is 8.77. The maximum atomic E-state index is 5.55. The molecule has 2 N–H and O–H groups in total. The normalized spacial score (nSPS) is 10.5. The number of halogens is 1. The summed E-state index contributed by atoms with van der Waals surface area (Å²) < 4.78 is 2.98. The number of nitrogen functional groups attached to an aromatic ring is 1. The highest BCUT2D eigenvalue weighted by atomic mass is 79.9. The van der Waals surface area contributed by atoms with E-state index in [4.69, 9.17) is 5.73 Å². The van der Waals surface area contributed by atoms with Gasteiger partial charge in [0.1, 0.15) is 0 Å². The second kappa shape index (κ2) is 3.51. The molecule has 0 aliphatic carbocycles. The van der Waals surface area contributed by atoms with Gasteiger partial charge in [-0.2, -0.15) is 5.10 Å². The van der Waals surface area contributed by atoms with Crippen LogP contribution in [0.1, 0.15) is 5.56 Å². The Morgan fingerprint density at radius 2 is 2.46 bits per heavy atom. The van der Waals surface area contributed by atoms with Crippen molar-refractivity contribution in [2.24, 2.45) is 0 Å². The maximum Gasteiger partial charge on any atom is 0.0749 e. The highest BCUT2D eigenvalue weighted by Crippen LogP contribution is 2.23. The molecule has 0 spiro atoms. The van der Waals surface area contributed by atoms with Crippen LogP contribution in [0.5, 0.6) is 0 Å². The number of anilines is 1. The first-order chi connectivity index (χ1) is 6.25. The molecule has 0 saturated heterocycles. The van der Waals surface area contributed by atoms with Gasteiger partial charge in [-0.1, -0.05) is 0 Å². The van der Waals surface area contributed by atoms with Crippen LogP contribution in [-0.2, 0) is 6.54 Å². The third-order valence-corrected chi connectivity index (χ3v) is 3.49. The summed E-state index contributed by atoms with van der Waals surface area (Å²) in [7, 11) is 0. The van der Waals surface area contributed by atoms with E-state index >= 15 is 0 Å². The van der Waals surface area contributed by atoms with Crippen molar-refractivity contribution >= 4 is 33.0 Å². The zero-order chi connectivity index (χ0) is 9.26. The van der Waals surface area contributed by atoms with Gasteiger partial charge in [0, 0.05) is 6.20 Å². The van der Waals surface area contributed by atoms with E-state index < -0.39 is 0 Å². The van der Waals surface area contributed by atoms with Crippen LogP contribution in [-0.4, -0.2) is 9.78 Å². The van der Waals surface area contributed by atoms with Gasteiger partial charge in [0.05, 0.1) is 22.2 Å². The third kappa shape index (κ3) is 1.92.